The van der Waals surface area contributed by atoms with Crippen molar-refractivity contribution in [1.29, 1.82) is 0 Å². The average Bonchev–Trinajstić information content (AvgIpc) is 2.49. The number of hydrogen-bond acceptors (Lipinski definition) is 5. The molecule has 1 aliphatic heterocycles. The second-order valence-corrected chi connectivity index (χ2v) is 5.34. The van der Waals surface area contributed by atoms with Crippen LogP contribution in [0, 0.1) is 6.92 Å². The predicted molar refractivity (Wildman–Crippen MR) is 79.6 cm³/mol. The molecule has 2 aromatic carbocycles. The molecule has 22 heavy (non-hydrogen) atoms. The summed E-state index contributed by atoms with van der Waals surface area (Å²) in [5.74, 6) is 0.310. The summed E-state index contributed by atoms with van der Waals surface area (Å²) in [4.78, 5) is 11.8. The fraction of sp³-hybridized carbons (Fsp3) is 0.235. The largest absolute Gasteiger partial charge is 0.508 e. The smallest absolute Gasteiger partial charge is 0.312 e. The lowest BCUT2D eigenvalue weighted by Gasteiger charge is -2.26. The number of carbonyl (C=O) groups is 1. The number of aromatic hydroxyl groups is 2. The minimum absolute atomic E-state index is 0.0479. The Morgan fingerprint density at radius 3 is 2.68 bits per heavy atom. The van der Waals surface area contributed by atoms with Gasteiger partial charge in [-0.25, -0.2) is 0 Å². The van der Waals surface area contributed by atoms with E-state index < -0.39 is 0 Å². The molecule has 0 spiro atoms. The summed E-state index contributed by atoms with van der Waals surface area (Å²) < 4.78 is 10.3. The Kier molecular flexibility index (Phi) is 3.41. The molecule has 0 saturated carbocycles. The molecular weight excluding hydrogens is 284 g/mol. The van der Waals surface area contributed by atoms with Crippen molar-refractivity contribution < 1.29 is 24.5 Å². The first-order valence-corrected chi connectivity index (χ1v) is 6.90. The zero-order valence-corrected chi connectivity index (χ0v) is 12.3. The van der Waals surface area contributed by atoms with Crippen molar-refractivity contribution in [3.05, 3.63) is 47.0 Å². The Balaban J connectivity index is 2.12. The third-order valence-electron chi connectivity index (χ3n) is 3.90. The minimum Gasteiger partial charge on any atom is -0.508 e. The summed E-state index contributed by atoms with van der Waals surface area (Å²) in [6.07, 6.45) is 0.200. The van der Waals surface area contributed by atoms with Gasteiger partial charge in [-0.15, -0.1) is 0 Å². The highest BCUT2D eigenvalue weighted by atomic mass is 16.5. The van der Waals surface area contributed by atoms with E-state index in [9.17, 15) is 15.0 Å². The van der Waals surface area contributed by atoms with E-state index in [1.54, 1.807) is 25.1 Å². The highest BCUT2D eigenvalue weighted by Crippen LogP contribution is 2.43. The molecule has 1 aliphatic rings. The Labute approximate surface area is 127 Å². The van der Waals surface area contributed by atoms with Gasteiger partial charge in [-0.3, -0.25) is 4.79 Å². The van der Waals surface area contributed by atoms with Crippen LogP contribution in [0.4, 0.5) is 0 Å². The highest BCUT2D eigenvalue weighted by molar-refractivity contribution is 5.78. The van der Waals surface area contributed by atoms with Crippen molar-refractivity contribution in [2.45, 2.75) is 19.3 Å². The van der Waals surface area contributed by atoms with Gasteiger partial charge in [0.25, 0.3) is 0 Å². The Morgan fingerprint density at radius 1 is 1.18 bits per heavy atom. The summed E-state index contributed by atoms with van der Waals surface area (Å²) in [7, 11) is 1.48. The number of ether oxygens (including phenoxy) is 2. The lowest BCUT2D eigenvalue weighted by Crippen LogP contribution is -2.21. The van der Waals surface area contributed by atoms with Gasteiger partial charge in [-0.05, 0) is 36.2 Å². The van der Waals surface area contributed by atoms with Gasteiger partial charge in [0.05, 0.1) is 13.5 Å². The number of phenolic OH excluding ortho intramolecular Hbond substituents is 2. The predicted octanol–water partition coefficient (Wildman–Crippen LogP) is 2.86. The Bertz CT molecular complexity index is 751. The molecule has 114 valence electrons. The molecule has 0 aromatic heterocycles. The van der Waals surface area contributed by atoms with Gasteiger partial charge in [-0.1, -0.05) is 6.07 Å². The topological polar surface area (TPSA) is 76.0 Å². The van der Waals surface area contributed by atoms with E-state index in [-0.39, 0.29) is 29.8 Å². The first-order chi connectivity index (χ1) is 10.5. The van der Waals surface area contributed by atoms with Crippen molar-refractivity contribution in [2.75, 3.05) is 7.11 Å². The number of aryl methyl sites for hydroxylation is 1. The van der Waals surface area contributed by atoms with Crippen LogP contribution in [0.3, 0.4) is 0 Å². The molecule has 0 radical (unpaired) electrons. The number of phenols is 2. The molecule has 1 heterocycles. The van der Waals surface area contributed by atoms with Crippen LogP contribution in [0.25, 0.3) is 0 Å². The summed E-state index contributed by atoms with van der Waals surface area (Å²) in [6.45, 7) is 1.79. The van der Waals surface area contributed by atoms with E-state index in [4.69, 9.17) is 9.47 Å². The number of benzene rings is 2. The fourth-order valence-electron chi connectivity index (χ4n) is 2.71. The van der Waals surface area contributed by atoms with Gasteiger partial charge < -0.3 is 19.7 Å². The van der Waals surface area contributed by atoms with Gasteiger partial charge in [0.1, 0.15) is 11.5 Å². The molecule has 3 rings (SSSR count). The maximum absolute atomic E-state index is 11.8. The molecule has 5 nitrogen and oxygen atoms in total. The van der Waals surface area contributed by atoms with Crippen molar-refractivity contribution >= 4 is 5.97 Å². The van der Waals surface area contributed by atoms with Crippen LogP contribution in [0.1, 0.15) is 29.0 Å². The Hall–Kier alpha value is -2.69. The molecule has 0 amide bonds. The van der Waals surface area contributed by atoms with Gasteiger partial charge >= 0.3 is 5.97 Å². The lowest BCUT2D eigenvalue weighted by molar-refractivity contribution is -0.135. The fourth-order valence-corrected chi connectivity index (χ4v) is 2.71. The molecular formula is C17H16O5. The first kappa shape index (κ1) is 14.3. The molecule has 0 unspecified atom stereocenters. The maximum atomic E-state index is 11.8. The van der Waals surface area contributed by atoms with Crippen molar-refractivity contribution in [3.8, 4) is 23.0 Å². The molecule has 0 saturated heterocycles. The van der Waals surface area contributed by atoms with Gasteiger partial charge in [0.15, 0.2) is 11.5 Å². The molecule has 2 N–H and O–H groups in total. The highest BCUT2D eigenvalue weighted by Gasteiger charge is 2.29. The van der Waals surface area contributed by atoms with Crippen molar-refractivity contribution in [3.63, 3.8) is 0 Å². The molecule has 0 fully saturated rings. The van der Waals surface area contributed by atoms with E-state index in [0.29, 0.717) is 17.1 Å². The third-order valence-corrected chi connectivity index (χ3v) is 3.90. The third kappa shape index (κ3) is 2.35. The van der Waals surface area contributed by atoms with Crippen molar-refractivity contribution in [2.24, 2.45) is 0 Å². The van der Waals surface area contributed by atoms with Gasteiger partial charge in [-0.2, -0.15) is 0 Å². The van der Waals surface area contributed by atoms with Crippen LogP contribution < -0.4 is 9.47 Å². The van der Waals surface area contributed by atoms with Crippen LogP contribution >= 0.6 is 0 Å². The second-order valence-electron chi connectivity index (χ2n) is 5.34. The number of carbonyl (C=O) groups excluding carboxylic acids is 1. The van der Waals surface area contributed by atoms with Crippen LogP contribution in [-0.2, 0) is 4.79 Å². The van der Waals surface area contributed by atoms with Crippen LogP contribution in [-0.4, -0.2) is 23.3 Å². The normalized spacial score (nSPS) is 16.8. The van der Waals surface area contributed by atoms with Crippen LogP contribution in [0.2, 0.25) is 0 Å². The van der Waals surface area contributed by atoms with Crippen LogP contribution in [0.15, 0.2) is 30.3 Å². The van der Waals surface area contributed by atoms with E-state index in [1.807, 2.05) is 6.07 Å². The monoisotopic (exact) mass is 300 g/mol. The molecule has 5 heteroatoms. The maximum Gasteiger partial charge on any atom is 0.312 e. The minimum atomic E-state index is -0.354. The van der Waals surface area contributed by atoms with E-state index in [1.165, 1.54) is 13.2 Å². The standard InChI is InChI=1S/C17H16O5/c1-9-5-12-11(7-17(20)22-15(12)8-14(9)19)10-3-4-13(18)16(6-10)21-2/h3-6,8,11,18-19H,7H2,1-2H3/t11-/m1/s1. The number of hydrogen-bond donors (Lipinski definition) is 2. The summed E-state index contributed by atoms with van der Waals surface area (Å²) in [5, 5.41) is 19.5. The van der Waals surface area contributed by atoms with Gasteiger partial charge in [0, 0.05) is 17.5 Å². The van der Waals surface area contributed by atoms with Crippen molar-refractivity contribution in [1.82, 2.24) is 0 Å². The summed E-state index contributed by atoms with van der Waals surface area (Å²) in [6, 6.07) is 8.30. The van der Waals surface area contributed by atoms with E-state index in [2.05, 4.69) is 0 Å². The number of methoxy groups -OCH3 is 1. The number of fused-ring (bicyclic) bond motifs is 1. The van der Waals surface area contributed by atoms with E-state index in [0.717, 1.165) is 11.1 Å². The zero-order chi connectivity index (χ0) is 15.9. The molecule has 1 atom stereocenters. The molecule has 2 aromatic rings. The van der Waals surface area contributed by atoms with Gasteiger partial charge in [0.2, 0.25) is 0 Å². The summed E-state index contributed by atoms with van der Waals surface area (Å²) >= 11 is 0. The zero-order valence-electron chi connectivity index (χ0n) is 12.3. The number of rotatable bonds is 2. The average molecular weight is 300 g/mol. The summed E-state index contributed by atoms with van der Waals surface area (Å²) in [5.41, 5.74) is 2.40. The van der Waals surface area contributed by atoms with E-state index >= 15 is 0 Å². The SMILES string of the molecule is COc1cc([C@H]2CC(=O)Oc3cc(O)c(C)cc32)ccc1O. The van der Waals surface area contributed by atoms with Crippen LogP contribution in [0.5, 0.6) is 23.0 Å². The number of esters is 1. The second kappa shape index (κ2) is 5.26. The molecule has 0 bridgehead atoms. The lowest BCUT2D eigenvalue weighted by atomic mass is 9.85. The molecule has 0 aliphatic carbocycles. The Morgan fingerprint density at radius 2 is 1.95 bits per heavy atom. The first-order valence-electron chi connectivity index (χ1n) is 6.90. The quantitative estimate of drug-likeness (QED) is 0.659.